The maximum Gasteiger partial charge on any atom is 0.223 e. The Labute approximate surface area is 143 Å². The summed E-state index contributed by atoms with van der Waals surface area (Å²) in [6.07, 6.45) is 1.25. The first-order valence-electron chi connectivity index (χ1n) is 8.33. The molecule has 4 nitrogen and oxygen atoms in total. The van der Waals surface area contributed by atoms with E-state index in [4.69, 9.17) is 9.47 Å². The van der Waals surface area contributed by atoms with Gasteiger partial charge in [-0.3, -0.25) is 4.79 Å². The van der Waals surface area contributed by atoms with Crippen molar-refractivity contribution in [1.82, 2.24) is 4.90 Å². The lowest BCUT2D eigenvalue weighted by atomic mass is 10.0. The van der Waals surface area contributed by atoms with Crippen LogP contribution in [0.25, 0.3) is 0 Å². The summed E-state index contributed by atoms with van der Waals surface area (Å²) in [4.78, 5) is 14.7. The molecule has 1 heterocycles. The van der Waals surface area contributed by atoms with Crippen LogP contribution in [0.2, 0.25) is 0 Å². The number of carbonyl (C=O) groups excluding carboxylic acids is 1. The first-order valence-corrected chi connectivity index (χ1v) is 8.33. The summed E-state index contributed by atoms with van der Waals surface area (Å²) in [5, 5.41) is 0. The van der Waals surface area contributed by atoms with E-state index >= 15 is 0 Å². The minimum absolute atomic E-state index is 0.0170. The molecule has 1 atom stereocenters. The largest absolute Gasteiger partial charge is 0.497 e. The second-order valence-corrected chi connectivity index (χ2v) is 5.94. The lowest BCUT2D eigenvalue weighted by molar-refractivity contribution is -0.140. The van der Waals surface area contributed by atoms with E-state index in [9.17, 15) is 4.79 Å². The molecule has 2 aromatic carbocycles. The molecule has 1 aliphatic rings. The number of rotatable bonds is 5. The van der Waals surface area contributed by atoms with Gasteiger partial charge >= 0.3 is 0 Å². The van der Waals surface area contributed by atoms with E-state index in [0.29, 0.717) is 26.2 Å². The highest BCUT2D eigenvalue weighted by Gasteiger charge is 2.28. The highest BCUT2D eigenvalue weighted by molar-refractivity contribution is 5.77. The van der Waals surface area contributed by atoms with Gasteiger partial charge in [-0.15, -0.1) is 0 Å². The molecule has 0 spiro atoms. The van der Waals surface area contributed by atoms with E-state index in [0.717, 1.165) is 23.3 Å². The lowest BCUT2D eigenvalue weighted by Gasteiger charge is -2.36. The van der Waals surface area contributed by atoms with Gasteiger partial charge in [0.2, 0.25) is 5.91 Å². The van der Waals surface area contributed by atoms with E-state index in [1.165, 1.54) is 0 Å². The van der Waals surface area contributed by atoms with Crippen molar-refractivity contribution in [2.45, 2.75) is 18.9 Å². The number of nitrogens with zero attached hydrogens (tertiary/aromatic N) is 1. The fraction of sp³-hybridized carbons (Fsp3) is 0.350. The number of methoxy groups -OCH3 is 1. The van der Waals surface area contributed by atoms with Gasteiger partial charge in [-0.2, -0.15) is 0 Å². The third-order valence-corrected chi connectivity index (χ3v) is 4.42. The zero-order chi connectivity index (χ0) is 16.8. The van der Waals surface area contributed by atoms with E-state index in [-0.39, 0.29) is 11.9 Å². The third-order valence-electron chi connectivity index (χ3n) is 4.42. The number of aryl methyl sites for hydroxylation is 1. The summed E-state index contributed by atoms with van der Waals surface area (Å²) in [5.41, 5.74) is 2.28. The number of morpholine rings is 1. The van der Waals surface area contributed by atoms with Crippen LogP contribution in [-0.2, 0) is 16.0 Å². The van der Waals surface area contributed by atoms with E-state index < -0.39 is 0 Å². The second kappa shape index (κ2) is 7.97. The summed E-state index contributed by atoms with van der Waals surface area (Å²) in [5.74, 6) is 1.02. The number of amides is 1. The minimum atomic E-state index is 0.0170. The van der Waals surface area contributed by atoms with Gasteiger partial charge in [-0.1, -0.05) is 42.5 Å². The van der Waals surface area contributed by atoms with Crippen LogP contribution < -0.4 is 4.74 Å². The van der Waals surface area contributed by atoms with E-state index in [2.05, 4.69) is 12.1 Å². The molecule has 126 valence electrons. The number of hydrogen-bond donors (Lipinski definition) is 0. The Hall–Kier alpha value is -2.33. The van der Waals surface area contributed by atoms with Crippen molar-refractivity contribution in [3.63, 3.8) is 0 Å². The molecule has 0 radical (unpaired) electrons. The summed E-state index contributed by atoms with van der Waals surface area (Å²) >= 11 is 0. The SMILES string of the molecule is COc1ccc(CCC(=O)N2CCOCC2c2ccccc2)cc1. The lowest BCUT2D eigenvalue weighted by Crippen LogP contribution is -2.43. The second-order valence-electron chi connectivity index (χ2n) is 5.94. The van der Waals surface area contributed by atoms with Crippen molar-refractivity contribution in [2.75, 3.05) is 26.9 Å². The minimum Gasteiger partial charge on any atom is -0.497 e. The molecular weight excluding hydrogens is 302 g/mol. The molecule has 3 rings (SSSR count). The van der Waals surface area contributed by atoms with Crippen LogP contribution in [0, 0.1) is 0 Å². The predicted octanol–water partition coefficient (Wildman–Crippen LogP) is 3.23. The van der Waals surface area contributed by atoms with Crippen molar-refractivity contribution in [1.29, 1.82) is 0 Å². The average molecular weight is 325 g/mol. The fourth-order valence-corrected chi connectivity index (χ4v) is 3.04. The van der Waals surface area contributed by atoms with Gasteiger partial charge in [0.15, 0.2) is 0 Å². The molecule has 1 fully saturated rings. The summed E-state index contributed by atoms with van der Waals surface area (Å²) < 4.78 is 10.8. The molecule has 1 aliphatic heterocycles. The zero-order valence-corrected chi connectivity index (χ0v) is 14.0. The number of benzene rings is 2. The van der Waals surface area contributed by atoms with Crippen LogP contribution in [-0.4, -0.2) is 37.7 Å². The highest BCUT2D eigenvalue weighted by Crippen LogP contribution is 2.25. The monoisotopic (exact) mass is 325 g/mol. The molecule has 24 heavy (non-hydrogen) atoms. The van der Waals surface area contributed by atoms with Crippen LogP contribution >= 0.6 is 0 Å². The highest BCUT2D eigenvalue weighted by atomic mass is 16.5. The van der Waals surface area contributed by atoms with Gasteiger partial charge < -0.3 is 14.4 Å². The molecule has 1 amide bonds. The number of hydrogen-bond acceptors (Lipinski definition) is 3. The summed E-state index contributed by atoms with van der Waals surface area (Å²) in [6.45, 7) is 1.83. The van der Waals surface area contributed by atoms with Crippen LogP contribution in [0.4, 0.5) is 0 Å². The Bertz CT molecular complexity index is 654. The molecule has 2 aromatic rings. The Morgan fingerprint density at radius 1 is 1.17 bits per heavy atom. The van der Waals surface area contributed by atoms with Gasteiger partial charge in [0.1, 0.15) is 5.75 Å². The maximum atomic E-state index is 12.7. The standard InChI is InChI=1S/C20H23NO3/c1-23-18-10-7-16(8-11-18)9-12-20(22)21-13-14-24-15-19(21)17-5-3-2-4-6-17/h2-8,10-11,19H,9,12-15H2,1H3. The molecule has 0 N–H and O–H groups in total. The van der Waals surface area contributed by atoms with Gasteiger partial charge in [0.25, 0.3) is 0 Å². The van der Waals surface area contributed by atoms with E-state index in [1.54, 1.807) is 7.11 Å². The molecule has 0 bridgehead atoms. The third kappa shape index (κ3) is 3.95. The number of ether oxygens (including phenoxy) is 2. The Morgan fingerprint density at radius 2 is 1.92 bits per heavy atom. The predicted molar refractivity (Wildman–Crippen MR) is 93.0 cm³/mol. The fourth-order valence-electron chi connectivity index (χ4n) is 3.04. The van der Waals surface area contributed by atoms with Crippen molar-refractivity contribution in [3.8, 4) is 5.75 Å². The molecule has 0 aromatic heterocycles. The topological polar surface area (TPSA) is 38.8 Å². The Kier molecular flexibility index (Phi) is 5.49. The Balaban J connectivity index is 1.63. The normalized spacial score (nSPS) is 17.5. The van der Waals surface area contributed by atoms with Crippen molar-refractivity contribution in [2.24, 2.45) is 0 Å². The smallest absolute Gasteiger partial charge is 0.223 e. The van der Waals surface area contributed by atoms with Gasteiger partial charge in [0, 0.05) is 13.0 Å². The van der Waals surface area contributed by atoms with E-state index in [1.807, 2.05) is 47.4 Å². The molecule has 1 saturated heterocycles. The molecular formula is C20H23NO3. The zero-order valence-electron chi connectivity index (χ0n) is 14.0. The van der Waals surface area contributed by atoms with Crippen LogP contribution in [0.3, 0.4) is 0 Å². The van der Waals surface area contributed by atoms with Gasteiger partial charge in [0.05, 0.1) is 26.4 Å². The molecule has 0 saturated carbocycles. The van der Waals surface area contributed by atoms with Crippen molar-refractivity contribution in [3.05, 3.63) is 65.7 Å². The summed E-state index contributed by atoms with van der Waals surface area (Å²) in [6, 6.07) is 18.0. The Morgan fingerprint density at radius 3 is 2.62 bits per heavy atom. The van der Waals surface area contributed by atoms with Crippen LogP contribution in [0.5, 0.6) is 5.75 Å². The van der Waals surface area contributed by atoms with Crippen molar-refractivity contribution < 1.29 is 14.3 Å². The van der Waals surface area contributed by atoms with Gasteiger partial charge in [-0.05, 0) is 29.7 Å². The molecule has 1 unspecified atom stereocenters. The van der Waals surface area contributed by atoms with Crippen LogP contribution in [0.15, 0.2) is 54.6 Å². The maximum absolute atomic E-state index is 12.7. The van der Waals surface area contributed by atoms with Crippen molar-refractivity contribution >= 4 is 5.91 Å². The van der Waals surface area contributed by atoms with Crippen LogP contribution in [0.1, 0.15) is 23.6 Å². The quantitative estimate of drug-likeness (QED) is 0.847. The van der Waals surface area contributed by atoms with Gasteiger partial charge in [-0.25, -0.2) is 0 Å². The molecule has 4 heteroatoms. The molecule has 0 aliphatic carbocycles. The number of carbonyl (C=O) groups is 1. The average Bonchev–Trinajstić information content (AvgIpc) is 2.67. The summed E-state index contributed by atoms with van der Waals surface area (Å²) in [7, 11) is 1.65. The first-order chi connectivity index (χ1) is 11.8. The first kappa shape index (κ1) is 16.5.